The lowest BCUT2D eigenvalue weighted by atomic mass is 9.81. The van der Waals surface area contributed by atoms with E-state index in [4.69, 9.17) is 14.4 Å². The lowest BCUT2D eigenvalue weighted by Gasteiger charge is -2.22. The number of aryl methyl sites for hydroxylation is 6. The molecule has 0 bridgehead atoms. The molecule has 0 aliphatic heterocycles. The number of hydrogen-bond acceptors (Lipinski definition) is 3. The average molecular weight is 901 g/mol. The van der Waals surface area contributed by atoms with Gasteiger partial charge in [-0.15, -0.1) is 0 Å². The Labute approximate surface area is 409 Å². The van der Waals surface area contributed by atoms with Crippen molar-refractivity contribution in [2.24, 2.45) is 0 Å². The molecule has 0 saturated heterocycles. The van der Waals surface area contributed by atoms with Crippen LogP contribution in [0.5, 0.6) is 0 Å². The minimum atomic E-state index is -0.0928. The van der Waals surface area contributed by atoms with Crippen molar-refractivity contribution in [3.05, 3.63) is 214 Å². The second-order valence-corrected chi connectivity index (χ2v) is 20.5. The van der Waals surface area contributed by atoms with Gasteiger partial charge >= 0.3 is 0 Å². The Morgan fingerprint density at radius 1 is 0.371 bits per heavy atom. The normalized spacial score (nSPS) is 13.0. The Hall–Kier alpha value is -8.14. The minimum Gasteiger partial charge on any atom is -0.455 e. The summed E-state index contributed by atoms with van der Waals surface area (Å²) in [4.78, 5) is 11.0. The number of nitrogens with zero attached hydrogens (tertiary/aromatic N) is 2. The molecule has 0 N–H and O–H groups in total. The Kier molecular flexibility index (Phi) is 9.26. The third-order valence-electron chi connectivity index (χ3n) is 15.4. The number of aromatic nitrogens is 2. The summed E-state index contributed by atoms with van der Waals surface area (Å²) >= 11 is 0. The predicted octanol–water partition coefficient (Wildman–Crippen LogP) is 18.3. The molecular weight excluding hydrogens is 849 g/mol. The molecule has 0 spiro atoms. The predicted molar refractivity (Wildman–Crippen MR) is 295 cm³/mol. The zero-order valence-corrected chi connectivity index (χ0v) is 41.0. The first-order chi connectivity index (χ1) is 33.9. The van der Waals surface area contributed by atoms with Crippen LogP contribution >= 0.6 is 0 Å². The van der Waals surface area contributed by atoms with Crippen LogP contribution in [-0.4, -0.2) is 9.97 Å². The van der Waals surface area contributed by atoms with Crippen molar-refractivity contribution in [1.29, 1.82) is 0 Å². The first-order valence-corrected chi connectivity index (χ1v) is 24.5. The highest BCUT2D eigenvalue weighted by Gasteiger charge is 2.35. The molecule has 0 unspecified atom stereocenters. The van der Waals surface area contributed by atoms with E-state index in [1.54, 1.807) is 0 Å². The molecule has 3 heteroatoms. The van der Waals surface area contributed by atoms with E-state index in [0.29, 0.717) is 0 Å². The summed E-state index contributed by atoms with van der Waals surface area (Å²) in [5.41, 5.74) is 27.6. The molecule has 2 heterocycles. The topological polar surface area (TPSA) is 38.9 Å². The summed E-state index contributed by atoms with van der Waals surface area (Å²) < 4.78 is 7.05. The van der Waals surface area contributed by atoms with Crippen molar-refractivity contribution < 1.29 is 4.42 Å². The van der Waals surface area contributed by atoms with Crippen LogP contribution in [0.25, 0.3) is 121 Å². The zero-order valence-electron chi connectivity index (χ0n) is 41.0. The first-order valence-electron chi connectivity index (χ1n) is 24.5. The maximum Gasteiger partial charge on any atom is 0.143 e. The molecule has 1 aliphatic rings. The van der Waals surface area contributed by atoms with E-state index in [1.807, 2.05) is 6.20 Å². The fourth-order valence-corrected chi connectivity index (χ4v) is 12.4. The molecule has 10 aromatic carbocycles. The molecule has 0 amide bonds. The Bertz CT molecular complexity index is 4180. The van der Waals surface area contributed by atoms with Gasteiger partial charge in [0.1, 0.15) is 11.2 Å². The van der Waals surface area contributed by atoms with Gasteiger partial charge in [-0.2, -0.15) is 0 Å². The standard InChI is InChI=1S/C67H52N2O/c1-37-28-39(3)61(40(4)29-37)46-23-25-50-51-26-24-47(62-41(5)30-38(2)31-42(62)6)34-57(51)64-63(56(50)33-46)68-36-60(69-64)45-15-11-14-43(32-45)48-17-12-19-54-55-20-13-18-49(66(55)70-65(48)54)44-22-27-53-52-16-9-10-21-58(52)67(7,8)59(53)35-44/h9-36H,1-8H3. The van der Waals surface area contributed by atoms with E-state index < -0.39 is 0 Å². The van der Waals surface area contributed by atoms with Crippen LogP contribution < -0.4 is 0 Å². The molecule has 0 saturated carbocycles. The molecule has 3 nitrogen and oxygen atoms in total. The third-order valence-corrected chi connectivity index (χ3v) is 15.4. The van der Waals surface area contributed by atoms with Crippen molar-refractivity contribution in [3.8, 4) is 66.9 Å². The van der Waals surface area contributed by atoms with Gasteiger partial charge < -0.3 is 4.42 Å². The van der Waals surface area contributed by atoms with Gasteiger partial charge in [0.25, 0.3) is 0 Å². The van der Waals surface area contributed by atoms with E-state index in [9.17, 15) is 0 Å². The van der Waals surface area contributed by atoms with E-state index in [2.05, 4.69) is 219 Å². The van der Waals surface area contributed by atoms with Gasteiger partial charge in [0.2, 0.25) is 0 Å². The Morgan fingerprint density at radius 2 is 0.871 bits per heavy atom. The van der Waals surface area contributed by atoms with E-state index in [0.717, 1.165) is 77.3 Å². The SMILES string of the molecule is Cc1cc(C)c(-c2ccc3c4ccc(-c5c(C)cc(C)cc5C)cc4c4nc(-c5cccc(-c6cccc7c6oc6c(-c8ccc9c(c8)C(C)(C)c8ccccc8-9)cccc67)c5)cnc4c3c2)c(C)c1. The van der Waals surface area contributed by atoms with Gasteiger partial charge in [0.15, 0.2) is 0 Å². The van der Waals surface area contributed by atoms with Gasteiger partial charge in [-0.1, -0.05) is 165 Å². The molecule has 13 rings (SSSR count). The quantitative estimate of drug-likeness (QED) is 0.162. The molecule has 0 radical (unpaired) electrons. The Balaban J connectivity index is 0.963. The summed E-state index contributed by atoms with van der Waals surface area (Å²) in [7, 11) is 0. The average Bonchev–Trinajstić information content (AvgIpc) is 3.85. The summed E-state index contributed by atoms with van der Waals surface area (Å²) in [6, 6.07) is 60.5. The first kappa shape index (κ1) is 42.0. The highest BCUT2D eigenvalue weighted by molar-refractivity contribution is 6.24. The molecule has 336 valence electrons. The smallest absolute Gasteiger partial charge is 0.143 e. The monoisotopic (exact) mass is 900 g/mol. The number of hydrogen-bond donors (Lipinski definition) is 0. The molecule has 70 heavy (non-hydrogen) atoms. The second kappa shape index (κ2) is 15.4. The largest absolute Gasteiger partial charge is 0.455 e. The van der Waals surface area contributed by atoms with Crippen molar-refractivity contribution in [2.45, 2.75) is 60.8 Å². The summed E-state index contributed by atoms with van der Waals surface area (Å²) in [5, 5.41) is 6.76. The van der Waals surface area contributed by atoms with E-state index in [-0.39, 0.29) is 5.41 Å². The number of furan rings is 1. The van der Waals surface area contributed by atoms with Crippen LogP contribution in [0.4, 0.5) is 0 Å². The molecule has 0 atom stereocenters. The molecule has 12 aromatic rings. The van der Waals surface area contributed by atoms with Crippen molar-refractivity contribution >= 4 is 54.5 Å². The van der Waals surface area contributed by atoms with Crippen molar-refractivity contribution in [3.63, 3.8) is 0 Å². The van der Waals surface area contributed by atoms with Gasteiger partial charge in [-0.05, 0) is 154 Å². The molecule has 0 fully saturated rings. The second-order valence-electron chi connectivity index (χ2n) is 20.5. The maximum atomic E-state index is 7.05. The van der Waals surface area contributed by atoms with Crippen LogP contribution in [0.1, 0.15) is 58.4 Å². The van der Waals surface area contributed by atoms with Gasteiger partial charge in [-0.3, -0.25) is 4.98 Å². The van der Waals surface area contributed by atoms with Crippen LogP contribution in [-0.2, 0) is 5.41 Å². The fraction of sp³-hybridized carbons (Fsp3) is 0.134. The maximum absolute atomic E-state index is 7.05. The lowest BCUT2D eigenvalue weighted by Crippen LogP contribution is -2.14. The van der Waals surface area contributed by atoms with Crippen molar-refractivity contribution in [2.75, 3.05) is 0 Å². The highest BCUT2D eigenvalue weighted by atomic mass is 16.3. The van der Waals surface area contributed by atoms with E-state index in [1.165, 1.54) is 88.7 Å². The number of benzene rings is 10. The summed E-state index contributed by atoms with van der Waals surface area (Å²) in [6.45, 7) is 17.9. The molecular formula is C67H52N2O. The zero-order chi connectivity index (χ0) is 47.7. The number of fused-ring (bicyclic) bond motifs is 12. The van der Waals surface area contributed by atoms with Crippen molar-refractivity contribution in [1.82, 2.24) is 9.97 Å². The van der Waals surface area contributed by atoms with Crippen LogP contribution in [0.2, 0.25) is 0 Å². The molecule has 2 aromatic heterocycles. The molecule has 1 aliphatic carbocycles. The van der Waals surface area contributed by atoms with Crippen LogP contribution in [0, 0.1) is 41.5 Å². The van der Waals surface area contributed by atoms with Gasteiger partial charge in [0, 0.05) is 43.7 Å². The minimum absolute atomic E-state index is 0.0928. The summed E-state index contributed by atoms with van der Waals surface area (Å²) in [6.07, 6.45) is 1.96. The van der Waals surface area contributed by atoms with Gasteiger partial charge in [0.05, 0.1) is 22.9 Å². The number of rotatable bonds is 5. The summed E-state index contributed by atoms with van der Waals surface area (Å²) in [5.74, 6) is 0. The number of para-hydroxylation sites is 2. The third kappa shape index (κ3) is 6.34. The highest BCUT2D eigenvalue weighted by Crippen LogP contribution is 2.50. The van der Waals surface area contributed by atoms with Crippen LogP contribution in [0.3, 0.4) is 0 Å². The van der Waals surface area contributed by atoms with Crippen LogP contribution in [0.15, 0.2) is 174 Å². The fourth-order valence-electron chi connectivity index (χ4n) is 12.4. The lowest BCUT2D eigenvalue weighted by molar-refractivity contribution is 0.660. The van der Waals surface area contributed by atoms with Gasteiger partial charge in [-0.25, -0.2) is 4.98 Å². The Morgan fingerprint density at radius 3 is 1.49 bits per heavy atom. The van der Waals surface area contributed by atoms with E-state index >= 15 is 0 Å².